The number of nitrogens with one attached hydrogen (secondary N) is 1. The lowest BCUT2D eigenvalue weighted by molar-refractivity contribution is 1.20. The van der Waals surface area contributed by atoms with Gasteiger partial charge in [-0.15, -0.1) is 0 Å². The molecule has 0 amide bonds. The van der Waals surface area contributed by atoms with Crippen molar-refractivity contribution in [1.82, 2.24) is 9.55 Å². The molecule has 6 aromatic rings. The van der Waals surface area contributed by atoms with Gasteiger partial charge in [0.25, 0.3) is 0 Å². The summed E-state index contributed by atoms with van der Waals surface area (Å²) in [4.78, 5) is 3.69. The van der Waals surface area contributed by atoms with Crippen LogP contribution in [0, 0.1) is 0 Å². The molecule has 0 saturated carbocycles. The fourth-order valence-electron chi connectivity index (χ4n) is 4.96. The van der Waals surface area contributed by atoms with E-state index >= 15 is 0 Å². The van der Waals surface area contributed by atoms with E-state index in [1.807, 2.05) is 0 Å². The molecule has 0 fully saturated rings. The Bertz CT molecular complexity index is 1560. The third-order valence-corrected chi connectivity index (χ3v) is 6.08. The molecule has 2 aromatic heterocycles. The zero-order chi connectivity index (χ0) is 18.2. The van der Waals surface area contributed by atoms with Gasteiger partial charge in [-0.2, -0.15) is 0 Å². The van der Waals surface area contributed by atoms with Gasteiger partial charge in [0.15, 0.2) is 0 Å². The van der Waals surface area contributed by atoms with Crippen LogP contribution < -0.4 is 0 Å². The van der Waals surface area contributed by atoms with Gasteiger partial charge in [0.2, 0.25) is 0 Å². The van der Waals surface area contributed by atoms with Crippen molar-refractivity contribution in [2.24, 2.45) is 0 Å². The van der Waals surface area contributed by atoms with Crippen LogP contribution in [0.5, 0.6) is 0 Å². The number of rotatable bonds is 0. The summed E-state index contributed by atoms with van der Waals surface area (Å²) in [5, 5.41) is 2.54. The molecular weight excluding hydrogens is 340 g/mol. The van der Waals surface area contributed by atoms with Gasteiger partial charge in [-0.25, -0.2) is 0 Å². The average molecular weight is 356 g/mol. The summed E-state index contributed by atoms with van der Waals surface area (Å²) in [6.45, 7) is 0. The lowest BCUT2D eigenvalue weighted by Crippen LogP contribution is -1.95. The Labute approximate surface area is 161 Å². The molecule has 0 radical (unpaired) electrons. The molecule has 4 aromatic carbocycles. The first-order valence-electron chi connectivity index (χ1n) is 9.65. The highest BCUT2D eigenvalue weighted by Crippen LogP contribution is 2.47. The van der Waals surface area contributed by atoms with E-state index in [2.05, 4.69) is 101 Å². The van der Waals surface area contributed by atoms with E-state index in [-0.39, 0.29) is 0 Å². The van der Waals surface area contributed by atoms with Crippen LogP contribution in [-0.2, 0) is 0 Å². The number of hydrogen-bond acceptors (Lipinski definition) is 0. The lowest BCUT2D eigenvalue weighted by Gasteiger charge is -2.11. The number of benzene rings is 4. The molecule has 28 heavy (non-hydrogen) atoms. The second-order valence-electron chi connectivity index (χ2n) is 7.49. The van der Waals surface area contributed by atoms with Crippen LogP contribution in [0.3, 0.4) is 0 Å². The van der Waals surface area contributed by atoms with E-state index < -0.39 is 0 Å². The van der Waals surface area contributed by atoms with Gasteiger partial charge in [-0.1, -0.05) is 78.9 Å². The molecule has 1 aliphatic rings. The van der Waals surface area contributed by atoms with Crippen molar-refractivity contribution >= 4 is 32.8 Å². The first kappa shape index (κ1) is 14.3. The predicted molar refractivity (Wildman–Crippen MR) is 117 cm³/mol. The van der Waals surface area contributed by atoms with E-state index in [9.17, 15) is 0 Å². The number of hydrogen-bond donors (Lipinski definition) is 1. The Morgan fingerprint density at radius 2 is 1.14 bits per heavy atom. The first-order chi connectivity index (χ1) is 13.9. The van der Waals surface area contributed by atoms with Crippen molar-refractivity contribution in [2.75, 3.05) is 0 Å². The van der Waals surface area contributed by atoms with Gasteiger partial charge < -0.3 is 9.55 Å². The van der Waals surface area contributed by atoms with Crippen molar-refractivity contribution in [2.45, 2.75) is 0 Å². The summed E-state index contributed by atoms with van der Waals surface area (Å²) < 4.78 is 2.47. The van der Waals surface area contributed by atoms with Crippen molar-refractivity contribution < 1.29 is 0 Å². The van der Waals surface area contributed by atoms with Crippen LogP contribution in [0.15, 0.2) is 91.0 Å². The van der Waals surface area contributed by atoms with Gasteiger partial charge in [0.1, 0.15) is 0 Å². The molecule has 1 aliphatic heterocycles. The monoisotopic (exact) mass is 356 g/mol. The van der Waals surface area contributed by atoms with Crippen molar-refractivity contribution in [3.05, 3.63) is 91.0 Å². The summed E-state index contributed by atoms with van der Waals surface area (Å²) in [6, 6.07) is 32.8. The third-order valence-electron chi connectivity index (χ3n) is 6.08. The predicted octanol–water partition coefficient (Wildman–Crippen LogP) is 6.91. The molecular formula is C26H16N2. The molecule has 1 N–H and O–H groups in total. The second kappa shape index (κ2) is 4.93. The molecule has 0 atom stereocenters. The summed E-state index contributed by atoms with van der Waals surface area (Å²) in [5.74, 6) is 0. The largest absolute Gasteiger partial charge is 0.353 e. The van der Waals surface area contributed by atoms with Crippen LogP contribution >= 0.6 is 0 Å². The van der Waals surface area contributed by atoms with Crippen LogP contribution in [0.2, 0.25) is 0 Å². The maximum absolute atomic E-state index is 3.69. The Hall–Kier alpha value is -3.78. The van der Waals surface area contributed by atoms with Crippen LogP contribution in [0.4, 0.5) is 0 Å². The highest BCUT2D eigenvalue weighted by Gasteiger charge is 2.25. The van der Waals surface area contributed by atoms with Gasteiger partial charge in [-0.3, -0.25) is 0 Å². The molecule has 2 heteroatoms. The number of fused-ring (bicyclic) bond motifs is 10. The topological polar surface area (TPSA) is 20.7 Å². The lowest BCUT2D eigenvalue weighted by atomic mass is 9.94. The highest BCUT2D eigenvalue weighted by molar-refractivity contribution is 6.22. The van der Waals surface area contributed by atoms with Crippen LogP contribution in [0.1, 0.15) is 0 Å². The van der Waals surface area contributed by atoms with Gasteiger partial charge in [-0.05, 0) is 23.3 Å². The minimum absolute atomic E-state index is 1.18. The first-order valence-corrected chi connectivity index (χ1v) is 9.65. The molecule has 0 saturated heterocycles. The number of aromatic amines is 1. The standard InChI is InChI=1S/C26H16N2/c1-2-9-17-16(8-1)18-10-4-6-15-23(18)28-25-19(17)12-7-13-21(25)24-26(28)20-11-3-5-14-22(20)27-24/h1-15,27H. The molecule has 0 unspecified atom stereocenters. The quantitative estimate of drug-likeness (QED) is 0.305. The molecule has 7 rings (SSSR count). The normalized spacial score (nSPS) is 12.3. The summed E-state index contributed by atoms with van der Waals surface area (Å²) >= 11 is 0. The van der Waals surface area contributed by atoms with Gasteiger partial charge >= 0.3 is 0 Å². The van der Waals surface area contributed by atoms with E-state index in [1.54, 1.807) is 0 Å². The minimum atomic E-state index is 1.18. The number of aromatic nitrogens is 2. The Balaban J connectivity index is 1.85. The van der Waals surface area contributed by atoms with E-state index in [0.29, 0.717) is 0 Å². The van der Waals surface area contributed by atoms with E-state index in [4.69, 9.17) is 0 Å². The highest BCUT2D eigenvalue weighted by atomic mass is 15.0. The zero-order valence-electron chi connectivity index (χ0n) is 15.1. The maximum Gasteiger partial charge on any atom is 0.0798 e. The zero-order valence-corrected chi connectivity index (χ0v) is 15.1. The molecule has 3 heterocycles. The van der Waals surface area contributed by atoms with Crippen molar-refractivity contribution in [3.8, 4) is 27.9 Å². The summed E-state index contributed by atoms with van der Waals surface area (Å²) in [5.41, 5.74) is 11.3. The van der Waals surface area contributed by atoms with E-state index in [1.165, 1.54) is 60.8 Å². The fraction of sp³-hybridized carbons (Fsp3) is 0. The van der Waals surface area contributed by atoms with Crippen LogP contribution in [0.25, 0.3) is 60.8 Å². The molecule has 130 valence electrons. The molecule has 0 bridgehead atoms. The Kier molecular flexibility index (Phi) is 2.52. The number of nitrogens with zero attached hydrogens (tertiary/aromatic N) is 1. The van der Waals surface area contributed by atoms with Crippen molar-refractivity contribution in [1.29, 1.82) is 0 Å². The number of para-hydroxylation sites is 3. The van der Waals surface area contributed by atoms with Crippen LogP contribution in [-0.4, -0.2) is 9.55 Å². The van der Waals surface area contributed by atoms with Crippen molar-refractivity contribution in [3.63, 3.8) is 0 Å². The molecule has 2 nitrogen and oxygen atoms in total. The SMILES string of the molecule is c1ccc2c(c1)-c1ccccc1-n1c3c-2cccc3c2[nH]c3ccccc3c21. The Morgan fingerprint density at radius 1 is 0.500 bits per heavy atom. The third kappa shape index (κ3) is 1.59. The average Bonchev–Trinajstić information content (AvgIpc) is 3.25. The minimum Gasteiger partial charge on any atom is -0.353 e. The number of H-pyrrole nitrogens is 1. The second-order valence-corrected chi connectivity index (χ2v) is 7.49. The fourth-order valence-corrected chi connectivity index (χ4v) is 4.96. The van der Waals surface area contributed by atoms with E-state index in [0.717, 1.165) is 0 Å². The molecule has 0 spiro atoms. The molecule has 0 aliphatic carbocycles. The van der Waals surface area contributed by atoms with Gasteiger partial charge in [0, 0.05) is 27.4 Å². The maximum atomic E-state index is 3.69. The summed E-state index contributed by atoms with van der Waals surface area (Å²) in [6.07, 6.45) is 0. The Morgan fingerprint density at radius 3 is 2.04 bits per heavy atom. The smallest absolute Gasteiger partial charge is 0.0798 e. The summed E-state index contributed by atoms with van der Waals surface area (Å²) in [7, 11) is 0. The van der Waals surface area contributed by atoms with Gasteiger partial charge in [0.05, 0.1) is 22.2 Å².